The van der Waals surface area contributed by atoms with Crippen LogP contribution in [0.3, 0.4) is 0 Å². The van der Waals surface area contributed by atoms with Gasteiger partial charge < -0.3 is 14.7 Å². The molecule has 0 unspecified atom stereocenters. The van der Waals surface area contributed by atoms with Crippen LogP contribution in [-0.2, 0) is 6.54 Å². The number of amides is 3. The molecule has 0 saturated carbocycles. The number of anilines is 2. The summed E-state index contributed by atoms with van der Waals surface area (Å²) < 4.78 is 18.1. The monoisotopic (exact) mass is 408 g/mol. The fraction of sp³-hybridized carbons (Fsp3) is 0.227. The topological polar surface area (TPSA) is 78.7 Å². The zero-order chi connectivity index (χ0) is 21.1. The van der Waals surface area contributed by atoms with Crippen molar-refractivity contribution in [2.45, 2.75) is 19.9 Å². The third-order valence-corrected chi connectivity index (χ3v) is 4.91. The molecular weight excluding hydrogens is 387 g/mol. The first-order valence-electron chi connectivity index (χ1n) is 9.65. The Balaban J connectivity index is 1.43. The number of hydrogen-bond acceptors (Lipinski definition) is 4. The van der Waals surface area contributed by atoms with Gasteiger partial charge in [0, 0.05) is 37.0 Å². The van der Waals surface area contributed by atoms with Crippen LogP contribution < -0.4 is 10.2 Å². The van der Waals surface area contributed by atoms with Crippen molar-refractivity contribution in [2.24, 2.45) is 0 Å². The molecule has 1 aromatic heterocycles. The summed E-state index contributed by atoms with van der Waals surface area (Å²) in [4.78, 5) is 28.7. The van der Waals surface area contributed by atoms with E-state index in [1.807, 2.05) is 0 Å². The molecule has 0 radical (unpaired) electrons. The number of aryl methyl sites for hydroxylation is 1. The molecule has 30 heavy (non-hydrogen) atoms. The molecule has 1 aliphatic heterocycles. The molecular formula is C22H21FN4O3. The Bertz CT molecular complexity index is 1050. The van der Waals surface area contributed by atoms with E-state index in [2.05, 4.69) is 10.5 Å². The minimum Gasteiger partial charge on any atom is -0.360 e. The van der Waals surface area contributed by atoms with E-state index in [9.17, 15) is 14.0 Å². The van der Waals surface area contributed by atoms with Gasteiger partial charge in [-0.3, -0.25) is 9.69 Å². The van der Waals surface area contributed by atoms with Gasteiger partial charge in [-0.05, 0) is 55.3 Å². The number of carbonyl (C=O) groups is 2. The smallest absolute Gasteiger partial charge is 0.324 e. The Morgan fingerprint density at radius 2 is 1.87 bits per heavy atom. The number of nitrogens with zero attached hydrogens (tertiary/aromatic N) is 3. The average molecular weight is 408 g/mol. The lowest BCUT2D eigenvalue weighted by Gasteiger charge is -2.35. The summed E-state index contributed by atoms with van der Waals surface area (Å²) in [7, 11) is 0. The minimum atomic E-state index is -0.308. The number of aromatic nitrogens is 1. The molecule has 154 valence electrons. The van der Waals surface area contributed by atoms with Crippen LogP contribution in [0.4, 0.5) is 20.7 Å². The first-order valence-corrected chi connectivity index (χ1v) is 9.65. The average Bonchev–Trinajstić information content (AvgIpc) is 3.16. The van der Waals surface area contributed by atoms with E-state index in [4.69, 9.17) is 4.52 Å². The summed E-state index contributed by atoms with van der Waals surface area (Å²) in [6.45, 7) is 3.41. The van der Waals surface area contributed by atoms with Gasteiger partial charge in [-0.25, -0.2) is 9.18 Å². The summed E-state index contributed by atoms with van der Waals surface area (Å²) in [6, 6.07) is 14.5. The molecule has 1 N–H and O–H groups in total. The van der Waals surface area contributed by atoms with Gasteiger partial charge in [0.05, 0.1) is 0 Å². The zero-order valence-electron chi connectivity index (χ0n) is 16.5. The number of nitrogens with one attached hydrogen (secondary N) is 1. The van der Waals surface area contributed by atoms with Crippen LogP contribution in [0, 0.1) is 12.7 Å². The van der Waals surface area contributed by atoms with Crippen molar-refractivity contribution in [3.63, 3.8) is 0 Å². The molecule has 0 aliphatic carbocycles. The molecule has 8 heteroatoms. The maximum Gasteiger partial charge on any atom is 0.324 e. The highest BCUT2D eigenvalue weighted by atomic mass is 19.1. The van der Waals surface area contributed by atoms with Crippen LogP contribution in [0.15, 0.2) is 59.1 Å². The number of hydrogen-bond donors (Lipinski definition) is 1. The maximum absolute atomic E-state index is 13.1. The number of carbonyl (C=O) groups excluding carboxylic acids is 2. The van der Waals surface area contributed by atoms with Crippen LogP contribution >= 0.6 is 0 Å². The predicted molar refractivity (Wildman–Crippen MR) is 110 cm³/mol. The van der Waals surface area contributed by atoms with Gasteiger partial charge in [-0.15, -0.1) is 0 Å². The highest BCUT2D eigenvalue weighted by Gasteiger charge is 2.27. The lowest BCUT2D eigenvalue weighted by atomic mass is 10.1. The van der Waals surface area contributed by atoms with Crippen molar-refractivity contribution in [1.29, 1.82) is 0 Å². The van der Waals surface area contributed by atoms with E-state index >= 15 is 0 Å². The second-order valence-electron chi connectivity index (χ2n) is 7.16. The highest BCUT2D eigenvalue weighted by Crippen LogP contribution is 2.22. The number of urea groups is 1. The van der Waals surface area contributed by atoms with Gasteiger partial charge in [0.25, 0.3) is 5.91 Å². The predicted octanol–water partition coefficient (Wildman–Crippen LogP) is 4.21. The summed E-state index contributed by atoms with van der Waals surface area (Å²) in [5.74, 6) is 0.351. The Hall–Kier alpha value is -3.68. The third kappa shape index (κ3) is 4.32. The molecule has 2 aromatic carbocycles. The van der Waals surface area contributed by atoms with E-state index in [1.165, 1.54) is 12.1 Å². The molecule has 3 aromatic rings. The van der Waals surface area contributed by atoms with Crippen molar-refractivity contribution in [1.82, 2.24) is 10.1 Å². The van der Waals surface area contributed by atoms with Gasteiger partial charge in [-0.1, -0.05) is 17.3 Å². The Morgan fingerprint density at radius 1 is 1.13 bits per heavy atom. The van der Waals surface area contributed by atoms with Crippen LogP contribution in [0.25, 0.3) is 0 Å². The summed E-state index contributed by atoms with van der Waals surface area (Å²) >= 11 is 0. The second-order valence-corrected chi connectivity index (χ2v) is 7.16. The number of benzene rings is 2. The zero-order valence-corrected chi connectivity index (χ0v) is 16.5. The second kappa shape index (κ2) is 8.36. The minimum absolute atomic E-state index is 0.110. The normalized spacial score (nSPS) is 14.1. The van der Waals surface area contributed by atoms with Crippen LogP contribution in [0.5, 0.6) is 0 Å². The largest absolute Gasteiger partial charge is 0.360 e. The highest BCUT2D eigenvalue weighted by molar-refractivity contribution is 6.04. The Morgan fingerprint density at radius 3 is 2.53 bits per heavy atom. The van der Waals surface area contributed by atoms with Gasteiger partial charge in [0.1, 0.15) is 11.6 Å². The molecule has 3 amide bonds. The van der Waals surface area contributed by atoms with Crippen molar-refractivity contribution >= 4 is 23.4 Å². The summed E-state index contributed by atoms with van der Waals surface area (Å²) in [5.41, 5.74) is 2.05. The van der Waals surface area contributed by atoms with E-state index in [1.54, 1.807) is 59.2 Å². The van der Waals surface area contributed by atoms with Crippen molar-refractivity contribution in [2.75, 3.05) is 23.3 Å². The van der Waals surface area contributed by atoms with Crippen LogP contribution in [0.1, 0.15) is 28.1 Å². The van der Waals surface area contributed by atoms with E-state index < -0.39 is 0 Å². The van der Waals surface area contributed by atoms with Gasteiger partial charge in [0.2, 0.25) is 0 Å². The quantitative estimate of drug-likeness (QED) is 0.686. The Kier molecular flexibility index (Phi) is 5.47. The van der Waals surface area contributed by atoms with E-state index in [-0.39, 0.29) is 17.8 Å². The van der Waals surface area contributed by atoms with Crippen molar-refractivity contribution in [3.8, 4) is 0 Å². The van der Waals surface area contributed by atoms with Crippen LogP contribution in [0.2, 0.25) is 0 Å². The molecule has 2 heterocycles. The van der Waals surface area contributed by atoms with Gasteiger partial charge in [0.15, 0.2) is 5.82 Å². The molecule has 7 nitrogen and oxygen atoms in total. The Labute approximate surface area is 173 Å². The van der Waals surface area contributed by atoms with Gasteiger partial charge in [-0.2, -0.15) is 0 Å². The molecule has 4 rings (SSSR count). The number of rotatable bonds is 5. The van der Waals surface area contributed by atoms with E-state index in [0.29, 0.717) is 36.8 Å². The van der Waals surface area contributed by atoms with Crippen molar-refractivity contribution in [3.05, 3.63) is 77.3 Å². The maximum atomic E-state index is 13.1. The molecule has 0 spiro atoms. The summed E-state index contributed by atoms with van der Waals surface area (Å²) in [5, 5.41) is 6.41. The van der Waals surface area contributed by atoms with Crippen molar-refractivity contribution < 1.29 is 18.5 Å². The molecule has 1 saturated heterocycles. The molecule has 1 aliphatic rings. The SMILES string of the molecule is Cc1cc(NC(=O)c2ccc(N3CCCN(Cc4ccc(F)cc4)C3=O)cc2)no1. The standard InChI is InChI=1S/C22H21FN4O3/c1-15-13-20(25-30-15)24-21(28)17-5-9-19(10-6-17)27-12-2-11-26(22(27)29)14-16-3-7-18(23)8-4-16/h3-10,13H,2,11-12,14H2,1H3,(H,24,25,28). The van der Waals surface area contributed by atoms with E-state index in [0.717, 1.165) is 17.7 Å². The fourth-order valence-corrected chi connectivity index (χ4v) is 3.38. The fourth-order valence-electron chi connectivity index (χ4n) is 3.38. The third-order valence-electron chi connectivity index (χ3n) is 4.91. The molecule has 0 atom stereocenters. The first-order chi connectivity index (χ1) is 14.5. The summed E-state index contributed by atoms with van der Waals surface area (Å²) in [6.07, 6.45) is 0.820. The molecule has 0 bridgehead atoms. The lowest BCUT2D eigenvalue weighted by molar-refractivity contribution is 0.102. The molecule has 1 fully saturated rings. The van der Waals surface area contributed by atoms with Crippen LogP contribution in [-0.4, -0.2) is 35.1 Å². The first kappa shape index (κ1) is 19.6. The van der Waals surface area contributed by atoms with Gasteiger partial charge >= 0.3 is 6.03 Å². The lowest BCUT2D eigenvalue weighted by Crippen LogP contribution is -2.49. The number of halogens is 1.